The summed E-state index contributed by atoms with van der Waals surface area (Å²) in [6.45, 7) is 1.83. The Hall–Kier alpha value is -2.40. The molecular formula is C15H11ClFN3O. The third-order valence-corrected chi connectivity index (χ3v) is 3.49. The van der Waals surface area contributed by atoms with Gasteiger partial charge in [0.15, 0.2) is 0 Å². The molecule has 106 valence electrons. The molecule has 3 aromatic rings. The van der Waals surface area contributed by atoms with Gasteiger partial charge in [0, 0.05) is 23.0 Å². The fourth-order valence-electron chi connectivity index (χ4n) is 2.18. The summed E-state index contributed by atoms with van der Waals surface area (Å²) < 4.78 is 19.3. The average molecular weight is 304 g/mol. The van der Waals surface area contributed by atoms with Crippen LogP contribution in [0.15, 0.2) is 41.1 Å². The smallest absolute Gasteiger partial charge is 0.230 e. The number of benzene rings is 1. The molecule has 0 spiro atoms. The van der Waals surface area contributed by atoms with Crippen molar-refractivity contribution in [2.45, 2.75) is 6.92 Å². The van der Waals surface area contributed by atoms with E-state index in [4.69, 9.17) is 21.9 Å². The molecule has 4 nitrogen and oxygen atoms in total. The molecule has 0 aliphatic carbocycles. The van der Waals surface area contributed by atoms with Crippen LogP contribution in [0.2, 0.25) is 5.02 Å². The Morgan fingerprint density at radius 3 is 2.71 bits per heavy atom. The van der Waals surface area contributed by atoms with Crippen molar-refractivity contribution in [2.75, 3.05) is 5.73 Å². The number of halogens is 2. The van der Waals surface area contributed by atoms with Gasteiger partial charge in [0.05, 0.1) is 10.6 Å². The molecule has 1 aromatic carbocycles. The minimum Gasteiger partial charge on any atom is -0.367 e. The number of pyridine rings is 1. The zero-order chi connectivity index (χ0) is 15.0. The highest BCUT2D eigenvalue weighted by Crippen LogP contribution is 2.39. The van der Waals surface area contributed by atoms with Crippen LogP contribution in [0, 0.1) is 12.7 Å². The number of hydrogen-bond acceptors (Lipinski definition) is 4. The number of anilines is 1. The van der Waals surface area contributed by atoms with Crippen LogP contribution >= 0.6 is 11.6 Å². The molecule has 0 amide bonds. The lowest BCUT2D eigenvalue weighted by molar-refractivity contribution is 0.439. The first-order chi connectivity index (χ1) is 10.1. The van der Waals surface area contributed by atoms with Crippen LogP contribution in [0.25, 0.3) is 22.4 Å². The van der Waals surface area contributed by atoms with E-state index in [1.807, 2.05) is 13.0 Å². The topological polar surface area (TPSA) is 64.9 Å². The predicted octanol–water partition coefficient (Wildman–Crippen LogP) is 4.09. The molecule has 0 atom stereocenters. The highest BCUT2D eigenvalue weighted by Gasteiger charge is 2.22. The van der Waals surface area contributed by atoms with Crippen molar-refractivity contribution in [3.05, 3.63) is 53.1 Å². The monoisotopic (exact) mass is 303 g/mol. The van der Waals surface area contributed by atoms with Gasteiger partial charge in [0.2, 0.25) is 5.88 Å². The zero-order valence-corrected chi connectivity index (χ0v) is 11.9. The molecule has 0 unspecified atom stereocenters. The first-order valence-electron chi connectivity index (χ1n) is 6.21. The van der Waals surface area contributed by atoms with Crippen molar-refractivity contribution in [3.63, 3.8) is 0 Å². The minimum atomic E-state index is -0.558. The van der Waals surface area contributed by atoms with Gasteiger partial charge in [-0.2, -0.15) is 0 Å². The molecule has 0 saturated heterocycles. The highest BCUT2D eigenvalue weighted by atomic mass is 35.5. The van der Waals surface area contributed by atoms with Crippen LogP contribution < -0.4 is 5.73 Å². The summed E-state index contributed by atoms with van der Waals surface area (Å²) in [6, 6.07) is 8.29. The van der Waals surface area contributed by atoms with Crippen molar-refractivity contribution >= 4 is 17.5 Å². The van der Waals surface area contributed by atoms with Crippen molar-refractivity contribution in [1.82, 2.24) is 10.1 Å². The van der Waals surface area contributed by atoms with Crippen LogP contribution in [-0.4, -0.2) is 10.1 Å². The van der Waals surface area contributed by atoms with E-state index in [2.05, 4.69) is 10.1 Å². The number of nitrogen functional groups attached to an aromatic ring is 1. The summed E-state index contributed by atoms with van der Waals surface area (Å²) in [4.78, 5) is 4.20. The van der Waals surface area contributed by atoms with E-state index in [1.54, 1.807) is 24.4 Å². The molecule has 0 fully saturated rings. The van der Waals surface area contributed by atoms with Gasteiger partial charge < -0.3 is 10.3 Å². The number of nitrogens with two attached hydrogens (primary N) is 1. The first-order valence-corrected chi connectivity index (χ1v) is 6.59. The Morgan fingerprint density at radius 2 is 1.95 bits per heavy atom. The largest absolute Gasteiger partial charge is 0.367 e. The van der Waals surface area contributed by atoms with E-state index in [-0.39, 0.29) is 16.5 Å². The second-order valence-corrected chi connectivity index (χ2v) is 4.92. The molecule has 3 rings (SSSR count). The fourth-order valence-corrected chi connectivity index (χ4v) is 2.35. The first kappa shape index (κ1) is 13.6. The van der Waals surface area contributed by atoms with Crippen LogP contribution in [0.1, 0.15) is 5.69 Å². The maximum atomic E-state index is 14.3. The van der Waals surface area contributed by atoms with Crippen LogP contribution in [0.5, 0.6) is 0 Å². The third-order valence-electron chi connectivity index (χ3n) is 3.20. The number of hydrogen-bond donors (Lipinski definition) is 1. The number of aromatic nitrogens is 2. The van der Waals surface area contributed by atoms with Gasteiger partial charge in [-0.05, 0) is 25.1 Å². The molecule has 0 saturated carbocycles. The maximum absolute atomic E-state index is 14.3. The van der Waals surface area contributed by atoms with Gasteiger partial charge in [-0.3, -0.25) is 4.98 Å². The SMILES string of the molecule is Cc1ncccc1-c1noc(N)c1-c1cccc(Cl)c1F. The van der Waals surface area contributed by atoms with E-state index in [1.165, 1.54) is 6.07 Å². The Balaban J connectivity index is 2.28. The summed E-state index contributed by atoms with van der Waals surface area (Å²) in [5.41, 5.74) is 8.37. The van der Waals surface area contributed by atoms with Gasteiger partial charge in [0.25, 0.3) is 0 Å². The molecule has 0 bridgehead atoms. The Morgan fingerprint density at radius 1 is 1.19 bits per heavy atom. The quantitative estimate of drug-likeness (QED) is 0.774. The van der Waals surface area contributed by atoms with E-state index in [9.17, 15) is 4.39 Å². The van der Waals surface area contributed by atoms with E-state index in [0.717, 1.165) is 11.3 Å². The number of aryl methyl sites for hydroxylation is 1. The maximum Gasteiger partial charge on any atom is 0.230 e. The van der Waals surface area contributed by atoms with Crippen LogP contribution in [0.4, 0.5) is 10.3 Å². The van der Waals surface area contributed by atoms with Gasteiger partial charge in [-0.25, -0.2) is 4.39 Å². The number of rotatable bonds is 2. The van der Waals surface area contributed by atoms with Crippen LogP contribution in [-0.2, 0) is 0 Å². The second kappa shape index (κ2) is 5.18. The summed E-state index contributed by atoms with van der Waals surface area (Å²) in [5.74, 6) is -0.522. The molecule has 21 heavy (non-hydrogen) atoms. The summed E-state index contributed by atoms with van der Waals surface area (Å²) >= 11 is 5.83. The Bertz CT molecular complexity index is 816. The predicted molar refractivity (Wildman–Crippen MR) is 79.3 cm³/mol. The lowest BCUT2D eigenvalue weighted by atomic mass is 10.00. The molecule has 0 aliphatic heterocycles. The van der Waals surface area contributed by atoms with Crippen LogP contribution in [0.3, 0.4) is 0 Å². The molecule has 0 radical (unpaired) electrons. The summed E-state index contributed by atoms with van der Waals surface area (Å²) in [6.07, 6.45) is 1.67. The molecule has 0 aliphatic rings. The normalized spacial score (nSPS) is 10.8. The van der Waals surface area contributed by atoms with Crippen molar-refractivity contribution in [3.8, 4) is 22.4 Å². The van der Waals surface area contributed by atoms with Crippen molar-refractivity contribution in [1.29, 1.82) is 0 Å². The molecule has 2 heterocycles. The molecule has 2 aromatic heterocycles. The van der Waals surface area contributed by atoms with Crippen molar-refractivity contribution in [2.24, 2.45) is 0 Å². The second-order valence-electron chi connectivity index (χ2n) is 4.51. The average Bonchev–Trinajstić information content (AvgIpc) is 2.84. The molecule has 2 N–H and O–H groups in total. The Kier molecular flexibility index (Phi) is 3.35. The summed E-state index contributed by atoms with van der Waals surface area (Å²) in [5, 5.41) is 3.96. The molecule has 6 heteroatoms. The third kappa shape index (κ3) is 2.25. The summed E-state index contributed by atoms with van der Waals surface area (Å²) in [7, 11) is 0. The van der Waals surface area contributed by atoms with E-state index in [0.29, 0.717) is 11.3 Å². The number of nitrogens with zero attached hydrogens (tertiary/aromatic N) is 2. The molecular weight excluding hydrogens is 293 g/mol. The lowest BCUT2D eigenvalue weighted by Gasteiger charge is -2.06. The lowest BCUT2D eigenvalue weighted by Crippen LogP contribution is -1.93. The zero-order valence-electron chi connectivity index (χ0n) is 11.1. The standard InChI is InChI=1S/C15H11ClFN3O/c1-8-9(5-3-7-19-8)14-12(15(18)21-20-14)10-4-2-6-11(16)13(10)17/h2-7H,18H2,1H3. The van der Waals surface area contributed by atoms with Gasteiger partial charge in [-0.1, -0.05) is 28.9 Å². The highest BCUT2D eigenvalue weighted by molar-refractivity contribution is 6.31. The Labute approximate surface area is 125 Å². The minimum absolute atomic E-state index is 0.0157. The van der Waals surface area contributed by atoms with Gasteiger partial charge >= 0.3 is 0 Å². The fraction of sp³-hybridized carbons (Fsp3) is 0.0667. The van der Waals surface area contributed by atoms with E-state index >= 15 is 0 Å². The van der Waals surface area contributed by atoms with Gasteiger partial charge in [-0.15, -0.1) is 0 Å². The van der Waals surface area contributed by atoms with Crippen molar-refractivity contribution < 1.29 is 8.91 Å². The van der Waals surface area contributed by atoms with Gasteiger partial charge in [0.1, 0.15) is 11.5 Å². The van der Waals surface area contributed by atoms with E-state index < -0.39 is 5.82 Å².